The summed E-state index contributed by atoms with van der Waals surface area (Å²) in [7, 11) is 0. The van der Waals surface area contributed by atoms with Crippen molar-refractivity contribution in [3.05, 3.63) is 40.7 Å². The average molecular weight is 320 g/mol. The number of carboxylic acids is 1. The molecule has 0 aliphatic rings. The van der Waals surface area contributed by atoms with Crippen LogP contribution in [0.3, 0.4) is 0 Å². The van der Waals surface area contributed by atoms with Gasteiger partial charge in [-0.25, -0.2) is 14.8 Å². The van der Waals surface area contributed by atoms with Crippen LogP contribution in [-0.4, -0.2) is 27.3 Å². The highest BCUT2D eigenvalue weighted by Crippen LogP contribution is 2.33. The number of thioether (sulfide) groups is 1. The van der Waals surface area contributed by atoms with Crippen molar-refractivity contribution in [2.75, 3.05) is 6.26 Å². The Bertz CT molecular complexity index is 679. The van der Waals surface area contributed by atoms with Gasteiger partial charge in [0.05, 0.1) is 5.56 Å². The Hall–Kier alpha value is -1.53. The highest BCUT2D eigenvalue weighted by Gasteiger charge is 2.17. The minimum absolute atomic E-state index is 0.314. The molecule has 0 fully saturated rings. The summed E-state index contributed by atoms with van der Waals surface area (Å²) in [6, 6.07) is 5.46. The lowest BCUT2D eigenvalue weighted by molar-refractivity contribution is 0.0689. The second kappa shape index (κ2) is 6.49. The lowest BCUT2D eigenvalue weighted by Crippen LogP contribution is -2.03. The molecule has 0 saturated heterocycles. The first-order chi connectivity index (χ1) is 9.93. The van der Waals surface area contributed by atoms with E-state index in [4.69, 9.17) is 0 Å². The number of carboxylic acid groups (broad SMARTS) is 1. The Labute approximate surface area is 132 Å². The molecule has 6 heteroatoms. The molecular weight excluding hydrogens is 304 g/mol. The molecule has 0 bridgehead atoms. The zero-order chi connectivity index (χ0) is 15.6. The smallest absolute Gasteiger partial charge is 0.337 e. The van der Waals surface area contributed by atoms with E-state index in [1.54, 1.807) is 6.07 Å². The van der Waals surface area contributed by atoms with Gasteiger partial charge in [0.1, 0.15) is 0 Å². The lowest BCUT2D eigenvalue weighted by Gasteiger charge is -2.10. The van der Waals surface area contributed by atoms with Gasteiger partial charge in [0.15, 0.2) is 5.16 Å². The zero-order valence-electron chi connectivity index (χ0n) is 12.3. The molecular formula is C15H16N2O2S2. The third-order valence-electron chi connectivity index (χ3n) is 3.24. The monoisotopic (exact) mass is 320 g/mol. The zero-order valence-corrected chi connectivity index (χ0v) is 13.9. The maximum Gasteiger partial charge on any atom is 0.337 e. The first-order valence-corrected chi connectivity index (χ1v) is 8.38. The standard InChI is InChI=1S/C15H16N2O2S2/c1-8-9(2)16-15(17-10(8)3)21-12-7-5-6-11(20-4)13(12)14(18)19/h5-7H,1-4H3,(H,18,19). The maximum absolute atomic E-state index is 11.5. The summed E-state index contributed by atoms with van der Waals surface area (Å²) in [5.41, 5.74) is 3.22. The van der Waals surface area contributed by atoms with Gasteiger partial charge in [-0.2, -0.15) is 0 Å². The number of aryl methyl sites for hydroxylation is 2. The van der Waals surface area contributed by atoms with E-state index in [0.717, 1.165) is 21.8 Å². The van der Waals surface area contributed by atoms with Crippen LogP contribution in [-0.2, 0) is 0 Å². The lowest BCUT2D eigenvalue weighted by atomic mass is 10.2. The van der Waals surface area contributed by atoms with E-state index in [2.05, 4.69) is 9.97 Å². The predicted molar refractivity (Wildman–Crippen MR) is 85.5 cm³/mol. The van der Waals surface area contributed by atoms with E-state index in [9.17, 15) is 9.90 Å². The molecule has 0 aliphatic carbocycles. The molecule has 0 spiro atoms. The van der Waals surface area contributed by atoms with Crippen LogP contribution in [0.5, 0.6) is 0 Å². The van der Waals surface area contributed by atoms with Gasteiger partial charge in [0.2, 0.25) is 0 Å². The molecule has 0 unspecified atom stereocenters. The van der Waals surface area contributed by atoms with Crippen LogP contribution in [0, 0.1) is 20.8 Å². The predicted octanol–water partition coefficient (Wildman–Crippen LogP) is 3.97. The molecule has 1 N–H and O–H groups in total. The fraction of sp³-hybridized carbons (Fsp3) is 0.267. The highest BCUT2D eigenvalue weighted by molar-refractivity contribution is 7.99. The average Bonchev–Trinajstić information content (AvgIpc) is 2.44. The van der Waals surface area contributed by atoms with Gasteiger partial charge in [-0.3, -0.25) is 0 Å². The maximum atomic E-state index is 11.5. The summed E-state index contributed by atoms with van der Waals surface area (Å²) in [6.45, 7) is 5.85. The van der Waals surface area contributed by atoms with Crippen LogP contribution in [0.2, 0.25) is 0 Å². The van der Waals surface area contributed by atoms with Crippen molar-refractivity contribution in [1.82, 2.24) is 9.97 Å². The molecule has 0 atom stereocenters. The molecule has 0 aliphatic heterocycles. The summed E-state index contributed by atoms with van der Waals surface area (Å²) in [5, 5.41) is 10.0. The normalized spacial score (nSPS) is 10.7. The van der Waals surface area contributed by atoms with Crippen LogP contribution in [0.1, 0.15) is 27.3 Å². The van der Waals surface area contributed by atoms with Crippen LogP contribution in [0.25, 0.3) is 0 Å². The fourth-order valence-electron chi connectivity index (χ4n) is 1.86. The molecule has 4 nitrogen and oxygen atoms in total. The number of aromatic carboxylic acids is 1. The minimum atomic E-state index is -0.928. The Kier molecular flexibility index (Phi) is 4.90. The van der Waals surface area contributed by atoms with E-state index in [1.165, 1.54) is 23.5 Å². The second-order valence-corrected chi connectivity index (χ2v) is 6.40. The summed E-state index contributed by atoms with van der Waals surface area (Å²) >= 11 is 2.71. The first-order valence-electron chi connectivity index (χ1n) is 6.34. The number of benzene rings is 1. The van der Waals surface area contributed by atoms with E-state index in [-0.39, 0.29) is 0 Å². The van der Waals surface area contributed by atoms with Crippen molar-refractivity contribution in [2.24, 2.45) is 0 Å². The molecule has 2 rings (SSSR count). The number of hydrogen-bond acceptors (Lipinski definition) is 5. The molecule has 0 saturated carbocycles. The number of aromatic nitrogens is 2. The Morgan fingerprint density at radius 1 is 1.10 bits per heavy atom. The molecule has 21 heavy (non-hydrogen) atoms. The van der Waals surface area contributed by atoms with Gasteiger partial charge in [-0.15, -0.1) is 11.8 Å². The Morgan fingerprint density at radius 2 is 1.67 bits per heavy atom. The SMILES string of the molecule is CSc1cccc(Sc2nc(C)c(C)c(C)n2)c1C(=O)O. The molecule has 1 heterocycles. The van der Waals surface area contributed by atoms with E-state index in [0.29, 0.717) is 15.6 Å². The van der Waals surface area contributed by atoms with Crippen molar-refractivity contribution in [3.8, 4) is 0 Å². The molecule has 0 radical (unpaired) electrons. The van der Waals surface area contributed by atoms with Crippen LogP contribution < -0.4 is 0 Å². The fourth-order valence-corrected chi connectivity index (χ4v) is 3.55. The van der Waals surface area contributed by atoms with Gasteiger partial charge >= 0.3 is 5.97 Å². The van der Waals surface area contributed by atoms with Gasteiger partial charge in [-0.1, -0.05) is 6.07 Å². The first kappa shape index (κ1) is 15.9. The van der Waals surface area contributed by atoms with Crippen LogP contribution in [0.15, 0.2) is 33.1 Å². The molecule has 0 amide bonds. The summed E-state index contributed by atoms with van der Waals surface area (Å²) in [6.07, 6.45) is 1.87. The van der Waals surface area contributed by atoms with Gasteiger partial charge in [0, 0.05) is 21.2 Å². The van der Waals surface area contributed by atoms with Crippen molar-refractivity contribution in [1.29, 1.82) is 0 Å². The third-order valence-corrected chi connectivity index (χ3v) is 4.94. The van der Waals surface area contributed by atoms with Gasteiger partial charge < -0.3 is 5.11 Å². The summed E-state index contributed by atoms with van der Waals surface area (Å²) in [4.78, 5) is 21.8. The van der Waals surface area contributed by atoms with Crippen LogP contribution in [0.4, 0.5) is 0 Å². The summed E-state index contributed by atoms with van der Waals surface area (Å²) < 4.78 is 0. The number of hydrogen-bond donors (Lipinski definition) is 1. The minimum Gasteiger partial charge on any atom is -0.478 e. The quantitative estimate of drug-likeness (QED) is 0.679. The summed E-state index contributed by atoms with van der Waals surface area (Å²) in [5.74, 6) is -0.928. The molecule has 110 valence electrons. The van der Waals surface area contributed by atoms with E-state index in [1.807, 2.05) is 39.2 Å². The van der Waals surface area contributed by atoms with Crippen LogP contribution >= 0.6 is 23.5 Å². The number of carbonyl (C=O) groups is 1. The third kappa shape index (κ3) is 3.39. The topological polar surface area (TPSA) is 63.1 Å². The van der Waals surface area contributed by atoms with Crippen molar-refractivity contribution >= 4 is 29.5 Å². The number of rotatable bonds is 4. The molecule has 1 aromatic carbocycles. The Morgan fingerprint density at radius 3 is 2.19 bits per heavy atom. The Balaban J connectivity index is 2.47. The second-order valence-electron chi connectivity index (χ2n) is 4.54. The van der Waals surface area contributed by atoms with Gasteiger partial charge in [0.25, 0.3) is 0 Å². The van der Waals surface area contributed by atoms with E-state index < -0.39 is 5.97 Å². The highest BCUT2D eigenvalue weighted by atomic mass is 32.2. The van der Waals surface area contributed by atoms with Gasteiger partial charge in [-0.05, 0) is 56.5 Å². The molecule has 1 aromatic heterocycles. The van der Waals surface area contributed by atoms with Crippen molar-refractivity contribution < 1.29 is 9.90 Å². The molecule has 2 aromatic rings. The van der Waals surface area contributed by atoms with Crippen molar-refractivity contribution in [3.63, 3.8) is 0 Å². The number of nitrogens with zero attached hydrogens (tertiary/aromatic N) is 2. The van der Waals surface area contributed by atoms with E-state index >= 15 is 0 Å². The largest absolute Gasteiger partial charge is 0.478 e. The van der Waals surface area contributed by atoms with Crippen molar-refractivity contribution in [2.45, 2.75) is 35.7 Å².